The number of aliphatic hydroxyl groups excluding tert-OH is 3. The Morgan fingerprint density at radius 1 is 0.600 bits per heavy atom. The Morgan fingerprint density at radius 3 is 0.950 bits per heavy atom. The molecule has 0 unspecified atom stereocenters. The van der Waals surface area contributed by atoms with Gasteiger partial charge in [-0.05, 0) is 19.6 Å². The molecule has 0 amide bonds. The molecule has 0 fully saturated rings. The van der Waals surface area contributed by atoms with Gasteiger partial charge in [0.15, 0.2) is 0 Å². The minimum absolute atomic E-state index is 0. The van der Waals surface area contributed by atoms with E-state index in [-0.39, 0.29) is 61.1 Å². The molecule has 0 aliphatic heterocycles. The molecule has 0 aromatic heterocycles. The average Bonchev–Trinajstić information content (AvgIpc) is 2.33. The summed E-state index contributed by atoms with van der Waals surface area (Å²) in [5.74, 6) is 0. The van der Waals surface area contributed by atoms with Crippen LogP contribution in [0.5, 0.6) is 0 Å². The predicted molar refractivity (Wildman–Crippen MR) is 71.2 cm³/mol. The molecule has 8 heteroatoms. The summed E-state index contributed by atoms with van der Waals surface area (Å²) in [7, 11) is 0. The number of aliphatic hydroxyl groups is 3. The van der Waals surface area contributed by atoms with Gasteiger partial charge in [-0.25, -0.2) is 0 Å². The van der Waals surface area contributed by atoms with E-state index in [0.717, 1.165) is 0 Å². The molecule has 3 N–H and O–H groups in total. The molecule has 0 aromatic rings. The summed E-state index contributed by atoms with van der Waals surface area (Å²) < 4.78 is 0. The fourth-order valence-electron chi connectivity index (χ4n) is 1.43. The Balaban J connectivity index is -0.0000000681. The number of nitrogens with zero attached hydrogens (tertiary/aromatic N) is 2. The molecule has 0 heterocycles. The third-order valence-corrected chi connectivity index (χ3v) is 2.59. The molecule has 0 aliphatic carbocycles. The van der Waals surface area contributed by atoms with Crippen LogP contribution >= 0.6 is 0 Å². The Hall–Kier alpha value is 0.874. The second kappa shape index (κ2) is 28.1. The Bertz CT molecular complexity index is 128. The van der Waals surface area contributed by atoms with Gasteiger partial charge in [-0.3, -0.25) is 4.90 Å². The largest absolute Gasteiger partial charge is 2.00 e. The Morgan fingerprint density at radius 2 is 0.850 bits per heavy atom. The molecule has 0 aromatic carbocycles. The summed E-state index contributed by atoms with van der Waals surface area (Å²) in [6.45, 7) is 11.9. The first-order valence-corrected chi connectivity index (χ1v) is 6.47. The molecule has 0 aliphatic rings. The Labute approximate surface area is 146 Å². The summed E-state index contributed by atoms with van der Waals surface area (Å²) >= 11 is 0. The van der Waals surface area contributed by atoms with Crippen molar-refractivity contribution in [3.63, 3.8) is 0 Å². The van der Waals surface area contributed by atoms with Crippen LogP contribution < -0.4 is 24.8 Å². The van der Waals surface area contributed by atoms with Gasteiger partial charge in [-0.2, -0.15) is 0 Å². The molecule has 0 saturated carbocycles. The van der Waals surface area contributed by atoms with Crippen LogP contribution in [0.4, 0.5) is 0 Å². The zero-order valence-corrected chi connectivity index (χ0v) is 15.2. The molecule has 130 valence electrons. The van der Waals surface area contributed by atoms with E-state index in [2.05, 4.69) is 25.7 Å². The topological polar surface area (TPSA) is 67.2 Å². The molecule has 0 spiro atoms. The van der Waals surface area contributed by atoms with Gasteiger partial charge in [0.2, 0.25) is 0 Å². The van der Waals surface area contributed by atoms with Gasteiger partial charge in [-0.1, -0.05) is 20.8 Å². The van der Waals surface area contributed by atoms with Crippen molar-refractivity contribution < 1.29 is 56.6 Å². The van der Waals surface area contributed by atoms with Crippen molar-refractivity contribution in [2.75, 3.05) is 59.1 Å². The van der Waals surface area contributed by atoms with Crippen LogP contribution in [0.3, 0.4) is 0 Å². The number of halogens is 2. The van der Waals surface area contributed by atoms with E-state index in [0.29, 0.717) is 19.6 Å². The smallest absolute Gasteiger partial charge is 1.00 e. The maximum Gasteiger partial charge on any atom is 2.00 e. The van der Waals surface area contributed by atoms with Gasteiger partial charge in [0.05, 0.1) is 19.8 Å². The van der Waals surface area contributed by atoms with E-state index in [1.165, 1.54) is 19.6 Å². The van der Waals surface area contributed by atoms with Gasteiger partial charge < -0.3 is 45.0 Å². The molecule has 5 nitrogen and oxygen atoms in total. The summed E-state index contributed by atoms with van der Waals surface area (Å²) in [5, 5.41) is 25.5. The second-order valence-electron chi connectivity index (χ2n) is 3.63. The van der Waals surface area contributed by atoms with Gasteiger partial charge in [0, 0.05) is 19.6 Å². The molecule has 0 bridgehead atoms. The van der Waals surface area contributed by atoms with Crippen LogP contribution in [-0.4, -0.2) is 84.2 Å². The molecule has 20 heavy (non-hydrogen) atoms. The van der Waals surface area contributed by atoms with Crippen molar-refractivity contribution in [3.8, 4) is 0 Å². The quantitative estimate of drug-likeness (QED) is 0.348. The molecule has 0 atom stereocenters. The van der Waals surface area contributed by atoms with Crippen molar-refractivity contribution in [2.45, 2.75) is 20.8 Å². The van der Waals surface area contributed by atoms with E-state index in [4.69, 9.17) is 15.3 Å². The van der Waals surface area contributed by atoms with E-state index >= 15 is 0 Å². The van der Waals surface area contributed by atoms with E-state index in [1.807, 2.05) is 0 Å². The molecule has 0 saturated heterocycles. The monoisotopic (exact) mass is 378 g/mol. The van der Waals surface area contributed by atoms with Gasteiger partial charge >= 0.3 is 16.5 Å². The SMILES string of the molecule is CCN(CC)CC.OCCN(CCO)CCO.[Cl-].[Cl-].[Ni+2]. The standard InChI is InChI=1S/C6H15NO3.C6H15N.2ClH.Ni/c8-4-1-7(2-5-9)3-6-10;1-4-7(5-2)6-3;;;/h8-10H,1-6H2;4-6H2,1-3H3;2*1H;/q;;;;+2/p-2. The van der Waals surface area contributed by atoms with Crippen LogP contribution in [0.15, 0.2) is 0 Å². The average molecular weight is 380 g/mol. The first kappa shape index (κ1) is 32.7. The molecular formula is C12H30Cl2N2NiO3. The fraction of sp³-hybridized carbons (Fsp3) is 1.00. The zero-order chi connectivity index (χ0) is 13.5. The number of hydrogen-bond acceptors (Lipinski definition) is 5. The van der Waals surface area contributed by atoms with Gasteiger partial charge in [0.1, 0.15) is 0 Å². The van der Waals surface area contributed by atoms with E-state index in [9.17, 15) is 0 Å². The minimum atomic E-state index is 0. The van der Waals surface area contributed by atoms with Crippen LogP contribution in [-0.2, 0) is 16.5 Å². The zero-order valence-electron chi connectivity index (χ0n) is 12.7. The van der Waals surface area contributed by atoms with Crippen molar-refractivity contribution in [1.29, 1.82) is 0 Å². The first-order valence-electron chi connectivity index (χ1n) is 6.47. The number of rotatable bonds is 9. The summed E-state index contributed by atoms with van der Waals surface area (Å²) in [6.07, 6.45) is 0. The first-order chi connectivity index (χ1) is 8.19. The van der Waals surface area contributed by atoms with Gasteiger partial charge in [-0.15, -0.1) is 0 Å². The fourth-order valence-corrected chi connectivity index (χ4v) is 1.43. The second-order valence-corrected chi connectivity index (χ2v) is 3.63. The Kier molecular flexibility index (Phi) is 46.0. The summed E-state index contributed by atoms with van der Waals surface area (Å²) in [5.41, 5.74) is 0. The third-order valence-electron chi connectivity index (χ3n) is 2.59. The van der Waals surface area contributed by atoms with Crippen LogP contribution in [0.2, 0.25) is 0 Å². The predicted octanol–water partition coefficient (Wildman–Crippen LogP) is -6.38. The molecular weight excluding hydrogens is 350 g/mol. The third kappa shape index (κ3) is 23.9. The van der Waals surface area contributed by atoms with Crippen molar-refractivity contribution in [1.82, 2.24) is 9.80 Å². The minimum Gasteiger partial charge on any atom is -1.00 e. The van der Waals surface area contributed by atoms with Gasteiger partial charge in [0.25, 0.3) is 0 Å². The van der Waals surface area contributed by atoms with Crippen LogP contribution in [0.1, 0.15) is 20.8 Å². The number of hydrogen-bond donors (Lipinski definition) is 3. The van der Waals surface area contributed by atoms with Crippen molar-refractivity contribution in [3.05, 3.63) is 0 Å². The maximum absolute atomic E-state index is 8.48. The molecule has 0 radical (unpaired) electrons. The maximum atomic E-state index is 8.48. The van der Waals surface area contributed by atoms with Crippen LogP contribution in [0.25, 0.3) is 0 Å². The summed E-state index contributed by atoms with van der Waals surface area (Å²) in [4.78, 5) is 4.17. The summed E-state index contributed by atoms with van der Waals surface area (Å²) in [6, 6.07) is 0. The normalized spacial score (nSPS) is 9.00. The van der Waals surface area contributed by atoms with Crippen LogP contribution in [0, 0.1) is 0 Å². The van der Waals surface area contributed by atoms with Crippen molar-refractivity contribution in [2.24, 2.45) is 0 Å². The van der Waals surface area contributed by atoms with E-state index in [1.54, 1.807) is 4.90 Å². The van der Waals surface area contributed by atoms with Crippen molar-refractivity contribution >= 4 is 0 Å². The molecule has 0 rings (SSSR count). The van der Waals surface area contributed by atoms with E-state index < -0.39 is 0 Å².